The van der Waals surface area contributed by atoms with E-state index < -0.39 is 30.9 Å². The molecule has 0 aliphatic carbocycles. The molecule has 3 N–H and O–H groups in total. The van der Waals surface area contributed by atoms with Crippen LogP contribution in [0.4, 0.5) is 0 Å². The fourth-order valence-electron chi connectivity index (χ4n) is 1.14. The van der Waals surface area contributed by atoms with Gasteiger partial charge in [-0.25, -0.2) is 0 Å². The Hall–Kier alpha value is -1.41. The number of aliphatic carboxylic acids is 1. The molecule has 2 amide bonds. The molecule has 0 aromatic carbocycles. The second-order valence-electron chi connectivity index (χ2n) is 3.12. The summed E-state index contributed by atoms with van der Waals surface area (Å²) in [5.74, 6) is -2.49. The van der Waals surface area contributed by atoms with E-state index in [1.165, 1.54) is 0 Å². The number of carboxylic acids is 1. The van der Waals surface area contributed by atoms with Gasteiger partial charge in [-0.05, 0) is 27.4 Å². The highest BCUT2D eigenvalue weighted by Gasteiger charge is 2.22. The number of hydrogen-bond acceptors (Lipinski definition) is 4. The third kappa shape index (κ3) is 3.82. The number of hydrogen-bond donors (Lipinski definition) is 2. The molecule has 1 rings (SSSR count). The van der Waals surface area contributed by atoms with Crippen LogP contribution in [-0.2, 0) is 9.59 Å². The minimum Gasteiger partial charge on any atom is -0.480 e. The monoisotopic (exact) mass is 320 g/mol. The summed E-state index contributed by atoms with van der Waals surface area (Å²) in [5.41, 5.74) is 4.96. The molecule has 0 spiro atoms. The van der Waals surface area contributed by atoms with E-state index in [9.17, 15) is 14.4 Å². The number of thiophene rings is 1. The van der Waals surface area contributed by atoms with Gasteiger partial charge in [-0.15, -0.1) is 11.3 Å². The zero-order valence-corrected chi connectivity index (χ0v) is 11.0. The van der Waals surface area contributed by atoms with Crippen LogP contribution in [0.1, 0.15) is 9.67 Å². The first-order valence-electron chi connectivity index (χ1n) is 4.44. The van der Waals surface area contributed by atoms with E-state index in [0.717, 1.165) is 16.2 Å². The summed E-state index contributed by atoms with van der Waals surface area (Å²) >= 11 is 4.32. The van der Waals surface area contributed by atoms with Crippen molar-refractivity contribution in [2.75, 3.05) is 13.1 Å². The van der Waals surface area contributed by atoms with Crippen LogP contribution in [0.15, 0.2) is 15.9 Å². The predicted molar refractivity (Wildman–Crippen MR) is 64.8 cm³/mol. The summed E-state index contributed by atoms with van der Waals surface area (Å²) in [7, 11) is 0. The molecule has 0 fully saturated rings. The van der Waals surface area contributed by atoms with Crippen LogP contribution >= 0.6 is 27.3 Å². The Kier molecular flexibility index (Phi) is 4.64. The summed E-state index contributed by atoms with van der Waals surface area (Å²) in [6, 6.07) is 1.67. The Labute approximate surface area is 109 Å². The van der Waals surface area contributed by atoms with E-state index in [0.29, 0.717) is 9.35 Å². The van der Waals surface area contributed by atoms with Crippen molar-refractivity contribution < 1.29 is 19.5 Å². The fourth-order valence-corrected chi connectivity index (χ4v) is 2.65. The van der Waals surface area contributed by atoms with Gasteiger partial charge in [-0.1, -0.05) is 0 Å². The van der Waals surface area contributed by atoms with Crippen molar-refractivity contribution in [3.63, 3.8) is 0 Å². The lowest BCUT2D eigenvalue weighted by molar-refractivity contribution is -0.138. The molecule has 1 aromatic rings. The normalized spacial score (nSPS) is 9.94. The summed E-state index contributed by atoms with van der Waals surface area (Å²) in [6.07, 6.45) is 0. The Balaban J connectivity index is 2.90. The van der Waals surface area contributed by atoms with E-state index in [1.807, 2.05) is 0 Å². The Morgan fingerprint density at radius 3 is 2.47 bits per heavy atom. The Morgan fingerprint density at radius 2 is 2.06 bits per heavy atom. The number of carbonyl (C=O) groups is 3. The van der Waals surface area contributed by atoms with Crippen molar-refractivity contribution in [2.24, 2.45) is 5.73 Å². The summed E-state index contributed by atoms with van der Waals surface area (Å²) in [5, 5.41) is 10.3. The van der Waals surface area contributed by atoms with Gasteiger partial charge in [0.1, 0.15) is 18.0 Å². The van der Waals surface area contributed by atoms with Gasteiger partial charge in [0, 0.05) is 4.47 Å². The van der Waals surface area contributed by atoms with E-state index in [4.69, 9.17) is 10.8 Å². The third-order valence-corrected chi connectivity index (χ3v) is 3.60. The van der Waals surface area contributed by atoms with Gasteiger partial charge in [0.2, 0.25) is 5.91 Å². The molecular weight excluding hydrogens is 312 g/mol. The van der Waals surface area contributed by atoms with Crippen molar-refractivity contribution in [3.05, 3.63) is 20.8 Å². The number of amides is 2. The topological polar surface area (TPSA) is 101 Å². The molecule has 0 aliphatic heterocycles. The molecule has 1 heterocycles. The van der Waals surface area contributed by atoms with Gasteiger partial charge < -0.3 is 15.7 Å². The molecule has 0 saturated carbocycles. The lowest BCUT2D eigenvalue weighted by atomic mass is 10.3. The quantitative estimate of drug-likeness (QED) is 0.826. The first-order chi connectivity index (χ1) is 7.91. The number of carbonyl (C=O) groups excluding carboxylic acids is 2. The average molecular weight is 321 g/mol. The van der Waals surface area contributed by atoms with Crippen molar-refractivity contribution in [2.45, 2.75) is 0 Å². The zero-order valence-electron chi connectivity index (χ0n) is 8.55. The SMILES string of the molecule is NC(=O)CN(CC(=O)O)C(=O)c1sccc1Br. The van der Waals surface area contributed by atoms with E-state index >= 15 is 0 Å². The smallest absolute Gasteiger partial charge is 0.323 e. The maximum Gasteiger partial charge on any atom is 0.323 e. The van der Waals surface area contributed by atoms with Gasteiger partial charge >= 0.3 is 5.97 Å². The van der Waals surface area contributed by atoms with Crippen molar-refractivity contribution in [1.82, 2.24) is 4.90 Å². The Morgan fingerprint density at radius 1 is 1.41 bits per heavy atom. The molecule has 0 aliphatic rings. The molecule has 0 radical (unpaired) electrons. The third-order valence-electron chi connectivity index (χ3n) is 1.77. The summed E-state index contributed by atoms with van der Waals surface area (Å²) in [6.45, 7) is -0.985. The van der Waals surface area contributed by atoms with E-state index in [-0.39, 0.29) is 0 Å². The second-order valence-corrected chi connectivity index (χ2v) is 4.89. The highest BCUT2D eigenvalue weighted by Crippen LogP contribution is 2.24. The lowest BCUT2D eigenvalue weighted by Gasteiger charge is -2.18. The van der Waals surface area contributed by atoms with E-state index in [2.05, 4.69) is 15.9 Å². The highest BCUT2D eigenvalue weighted by atomic mass is 79.9. The van der Waals surface area contributed by atoms with Gasteiger partial charge in [0.25, 0.3) is 5.91 Å². The molecule has 0 unspecified atom stereocenters. The van der Waals surface area contributed by atoms with Crippen molar-refractivity contribution >= 4 is 45.1 Å². The standard InChI is InChI=1S/C9H9BrN2O4S/c10-5-1-2-17-8(5)9(16)12(3-6(11)13)4-7(14)15/h1-2H,3-4H2,(H2,11,13)(H,14,15). The number of primary amides is 1. The maximum absolute atomic E-state index is 11.9. The number of halogens is 1. The Bertz CT molecular complexity index is 444. The first-order valence-corrected chi connectivity index (χ1v) is 6.11. The largest absolute Gasteiger partial charge is 0.480 e. The minimum absolute atomic E-state index is 0.340. The molecule has 6 nitrogen and oxygen atoms in total. The van der Waals surface area contributed by atoms with Gasteiger partial charge in [0.15, 0.2) is 0 Å². The number of nitrogens with two attached hydrogens (primary N) is 1. The van der Waals surface area contributed by atoms with Crippen LogP contribution in [0, 0.1) is 0 Å². The van der Waals surface area contributed by atoms with Crippen LogP contribution in [-0.4, -0.2) is 40.9 Å². The molecular formula is C9H9BrN2O4S. The molecule has 0 bridgehead atoms. The van der Waals surface area contributed by atoms with Crippen LogP contribution in [0.25, 0.3) is 0 Å². The number of nitrogens with zero attached hydrogens (tertiary/aromatic N) is 1. The summed E-state index contributed by atoms with van der Waals surface area (Å²) in [4.78, 5) is 34.5. The lowest BCUT2D eigenvalue weighted by Crippen LogP contribution is -2.41. The van der Waals surface area contributed by atoms with Crippen molar-refractivity contribution in [3.8, 4) is 0 Å². The molecule has 17 heavy (non-hydrogen) atoms. The van der Waals surface area contributed by atoms with Crippen LogP contribution in [0.5, 0.6) is 0 Å². The first kappa shape index (κ1) is 13.7. The van der Waals surface area contributed by atoms with Crippen LogP contribution in [0.2, 0.25) is 0 Å². The van der Waals surface area contributed by atoms with E-state index in [1.54, 1.807) is 11.4 Å². The molecule has 8 heteroatoms. The number of rotatable bonds is 5. The van der Waals surface area contributed by atoms with Gasteiger partial charge in [0.05, 0.1) is 0 Å². The minimum atomic E-state index is -1.20. The summed E-state index contributed by atoms with van der Waals surface area (Å²) < 4.78 is 0.562. The zero-order chi connectivity index (χ0) is 13.0. The molecule has 0 saturated heterocycles. The van der Waals surface area contributed by atoms with Gasteiger partial charge in [-0.2, -0.15) is 0 Å². The van der Waals surface area contributed by atoms with Crippen LogP contribution < -0.4 is 5.73 Å². The fraction of sp³-hybridized carbons (Fsp3) is 0.222. The molecule has 1 aromatic heterocycles. The number of carboxylic acid groups (broad SMARTS) is 1. The second kappa shape index (κ2) is 5.78. The molecule has 92 valence electrons. The highest BCUT2D eigenvalue weighted by molar-refractivity contribution is 9.10. The average Bonchev–Trinajstić information content (AvgIpc) is 2.61. The maximum atomic E-state index is 11.9. The van der Waals surface area contributed by atoms with Crippen molar-refractivity contribution in [1.29, 1.82) is 0 Å². The van der Waals surface area contributed by atoms with Crippen LogP contribution in [0.3, 0.4) is 0 Å². The predicted octanol–water partition coefficient (Wildman–Crippen LogP) is 0.523. The molecule has 0 atom stereocenters. The van der Waals surface area contributed by atoms with Gasteiger partial charge in [-0.3, -0.25) is 14.4 Å².